The first-order valence-corrected chi connectivity index (χ1v) is 7.91. The van der Waals surface area contributed by atoms with Crippen molar-refractivity contribution in [2.75, 3.05) is 0 Å². The maximum Gasteiger partial charge on any atom is 0.300 e. The van der Waals surface area contributed by atoms with Gasteiger partial charge in [0.25, 0.3) is 15.7 Å². The molecule has 20 heavy (non-hydrogen) atoms. The number of halogens is 1. The first kappa shape index (κ1) is 14.9. The monoisotopic (exact) mass is 336 g/mol. The molecule has 0 bridgehead atoms. The highest BCUT2D eigenvalue weighted by atomic mass is 35.5. The molecule has 8 nitrogen and oxygen atoms in total. The van der Waals surface area contributed by atoms with Crippen molar-refractivity contribution in [3.8, 4) is 0 Å². The fraction of sp³-hybridized carbons (Fsp3) is 0.222. The van der Waals surface area contributed by atoms with Gasteiger partial charge in [-0.25, -0.2) is 13.1 Å². The van der Waals surface area contributed by atoms with E-state index in [9.17, 15) is 18.5 Å². The molecule has 0 aromatic carbocycles. The summed E-state index contributed by atoms with van der Waals surface area (Å²) in [5.41, 5.74) is 1.00. The van der Waals surface area contributed by atoms with Crippen molar-refractivity contribution in [3.05, 3.63) is 38.0 Å². The first-order valence-electron chi connectivity index (χ1n) is 5.23. The summed E-state index contributed by atoms with van der Waals surface area (Å²) in [4.78, 5) is 9.93. The third-order valence-corrected chi connectivity index (χ3v) is 5.71. The Morgan fingerprint density at radius 2 is 2.30 bits per heavy atom. The quantitative estimate of drug-likeness (QED) is 0.637. The lowest BCUT2D eigenvalue weighted by molar-refractivity contribution is -0.384. The second-order valence-corrected chi connectivity index (χ2v) is 7.47. The number of nitrogens with one attached hydrogen (secondary N) is 2. The SMILES string of the molecule is Cc1[nH]ncc1CNS(=O)(=O)c1cc([N+](=O)[O-])c(Cl)s1. The molecule has 0 unspecified atom stereocenters. The van der Waals surface area contributed by atoms with Gasteiger partial charge in [0.15, 0.2) is 4.34 Å². The number of H-pyrrole nitrogens is 1. The lowest BCUT2D eigenvalue weighted by Crippen LogP contribution is -2.22. The van der Waals surface area contributed by atoms with Crippen LogP contribution in [0.1, 0.15) is 11.3 Å². The minimum atomic E-state index is -3.85. The fourth-order valence-electron chi connectivity index (χ4n) is 1.39. The van der Waals surface area contributed by atoms with Gasteiger partial charge in [-0.3, -0.25) is 15.2 Å². The van der Waals surface area contributed by atoms with E-state index < -0.39 is 20.6 Å². The number of aryl methyl sites for hydroxylation is 1. The maximum absolute atomic E-state index is 12.0. The summed E-state index contributed by atoms with van der Waals surface area (Å²) in [6.45, 7) is 1.79. The number of aromatic amines is 1. The van der Waals surface area contributed by atoms with Crippen molar-refractivity contribution in [3.63, 3.8) is 0 Å². The highest BCUT2D eigenvalue weighted by Crippen LogP contribution is 2.36. The molecule has 0 aliphatic heterocycles. The average Bonchev–Trinajstić information content (AvgIpc) is 2.93. The van der Waals surface area contributed by atoms with Gasteiger partial charge in [-0.2, -0.15) is 5.10 Å². The van der Waals surface area contributed by atoms with Crippen molar-refractivity contribution in [2.45, 2.75) is 17.7 Å². The van der Waals surface area contributed by atoms with Crippen LogP contribution < -0.4 is 4.72 Å². The Kier molecular flexibility index (Phi) is 4.09. The third-order valence-electron chi connectivity index (χ3n) is 2.49. The summed E-state index contributed by atoms with van der Waals surface area (Å²) in [6.07, 6.45) is 1.50. The number of hydrogen-bond donors (Lipinski definition) is 2. The Bertz CT molecular complexity index is 752. The zero-order valence-electron chi connectivity index (χ0n) is 10.1. The summed E-state index contributed by atoms with van der Waals surface area (Å²) in [7, 11) is -3.85. The largest absolute Gasteiger partial charge is 0.300 e. The summed E-state index contributed by atoms with van der Waals surface area (Å²) in [6, 6.07) is 0.942. The van der Waals surface area contributed by atoms with Gasteiger partial charge in [-0.15, -0.1) is 11.3 Å². The van der Waals surface area contributed by atoms with E-state index in [0.29, 0.717) is 16.9 Å². The Balaban J connectivity index is 2.20. The zero-order chi connectivity index (χ0) is 14.9. The topological polar surface area (TPSA) is 118 Å². The van der Waals surface area contributed by atoms with E-state index in [-0.39, 0.29) is 15.1 Å². The van der Waals surface area contributed by atoms with Crippen LogP contribution in [0.2, 0.25) is 4.34 Å². The van der Waals surface area contributed by atoms with Crippen LogP contribution in [0.3, 0.4) is 0 Å². The number of hydrogen-bond acceptors (Lipinski definition) is 6. The van der Waals surface area contributed by atoms with E-state index in [0.717, 1.165) is 11.8 Å². The predicted octanol–water partition coefficient (Wildman–Crippen LogP) is 1.82. The standard InChI is InChI=1S/C9H9ClN4O4S2/c1-5-6(3-11-13-5)4-12-20(17,18)8-2-7(14(15)16)9(10)19-8/h2-3,12H,4H2,1H3,(H,11,13). The molecular weight excluding hydrogens is 328 g/mol. The Hall–Kier alpha value is -1.49. The van der Waals surface area contributed by atoms with E-state index in [1.807, 2.05) is 0 Å². The van der Waals surface area contributed by atoms with Crippen molar-refractivity contribution in [1.29, 1.82) is 0 Å². The number of aromatic nitrogens is 2. The van der Waals surface area contributed by atoms with Crippen LogP contribution in [0.4, 0.5) is 5.69 Å². The van der Waals surface area contributed by atoms with Crippen LogP contribution in [0.15, 0.2) is 16.5 Å². The minimum absolute atomic E-state index is 0.0357. The molecule has 2 rings (SSSR count). The molecule has 0 radical (unpaired) electrons. The molecule has 0 saturated heterocycles. The Morgan fingerprint density at radius 3 is 2.80 bits per heavy atom. The second-order valence-electron chi connectivity index (χ2n) is 3.83. The molecule has 2 aromatic heterocycles. The highest BCUT2D eigenvalue weighted by molar-refractivity contribution is 7.91. The van der Waals surface area contributed by atoms with Crippen molar-refractivity contribution in [2.24, 2.45) is 0 Å². The summed E-state index contributed by atoms with van der Waals surface area (Å²) < 4.78 is 26.0. The van der Waals surface area contributed by atoms with Crippen LogP contribution in [-0.2, 0) is 16.6 Å². The van der Waals surface area contributed by atoms with E-state index >= 15 is 0 Å². The molecule has 11 heteroatoms. The molecule has 0 amide bonds. The van der Waals surface area contributed by atoms with Crippen LogP contribution >= 0.6 is 22.9 Å². The average molecular weight is 337 g/mol. The van der Waals surface area contributed by atoms with Gasteiger partial charge in [0, 0.05) is 23.9 Å². The summed E-state index contributed by atoms with van der Waals surface area (Å²) in [5, 5.41) is 17.1. The number of nitrogens with zero attached hydrogens (tertiary/aromatic N) is 2. The lowest BCUT2D eigenvalue weighted by Gasteiger charge is -2.03. The normalized spacial score (nSPS) is 11.7. The summed E-state index contributed by atoms with van der Waals surface area (Å²) in [5.74, 6) is 0. The summed E-state index contributed by atoms with van der Waals surface area (Å²) >= 11 is 6.28. The van der Waals surface area contributed by atoms with Gasteiger partial charge in [-0.05, 0) is 6.92 Å². The van der Waals surface area contributed by atoms with E-state index in [4.69, 9.17) is 11.6 Å². The first-order chi connectivity index (χ1) is 9.31. The molecule has 0 atom stereocenters. The van der Waals surface area contributed by atoms with Gasteiger partial charge in [-0.1, -0.05) is 11.6 Å². The molecular formula is C9H9ClN4O4S2. The Labute approximate surface area is 123 Å². The van der Waals surface area contributed by atoms with Gasteiger partial charge >= 0.3 is 0 Å². The number of rotatable bonds is 5. The molecule has 0 aliphatic carbocycles. The molecule has 2 N–H and O–H groups in total. The van der Waals surface area contributed by atoms with Crippen molar-refractivity contribution < 1.29 is 13.3 Å². The number of sulfonamides is 1. The van der Waals surface area contributed by atoms with E-state index in [1.54, 1.807) is 6.92 Å². The molecule has 2 heterocycles. The number of nitro groups is 1. The van der Waals surface area contributed by atoms with Crippen LogP contribution in [-0.4, -0.2) is 23.5 Å². The molecule has 108 valence electrons. The van der Waals surface area contributed by atoms with Crippen LogP contribution in [0.5, 0.6) is 0 Å². The zero-order valence-corrected chi connectivity index (χ0v) is 12.5. The molecule has 0 saturated carbocycles. The second kappa shape index (κ2) is 5.48. The smallest absolute Gasteiger partial charge is 0.283 e. The molecule has 0 fully saturated rings. The fourth-order valence-corrected chi connectivity index (χ4v) is 4.11. The third kappa shape index (κ3) is 2.98. The molecule has 0 spiro atoms. The van der Waals surface area contributed by atoms with Crippen LogP contribution in [0.25, 0.3) is 0 Å². The minimum Gasteiger partial charge on any atom is -0.283 e. The van der Waals surface area contributed by atoms with Gasteiger partial charge < -0.3 is 0 Å². The van der Waals surface area contributed by atoms with Crippen molar-refractivity contribution >= 4 is 38.6 Å². The number of thiophene rings is 1. The van der Waals surface area contributed by atoms with Gasteiger partial charge in [0.05, 0.1) is 11.1 Å². The van der Waals surface area contributed by atoms with Gasteiger partial charge in [0.1, 0.15) is 4.21 Å². The van der Waals surface area contributed by atoms with Crippen LogP contribution in [0, 0.1) is 17.0 Å². The lowest BCUT2D eigenvalue weighted by atomic mass is 10.3. The van der Waals surface area contributed by atoms with E-state index in [2.05, 4.69) is 14.9 Å². The highest BCUT2D eigenvalue weighted by Gasteiger charge is 2.25. The molecule has 2 aromatic rings. The van der Waals surface area contributed by atoms with E-state index in [1.165, 1.54) is 6.20 Å². The predicted molar refractivity (Wildman–Crippen MR) is 73.3 cm³/mol. The van der Waals surface area contributed by atoms with Crippen molar-refractivity contribution in [1.82, 2.24) is 14.9 Å². The molecule has 0 aliphatic rings. The maximum atomic E-state index is 12.0. The van der Waals surface area contributed by atoms with Gasteiger partial charge in [0.2, 0.25) is 0 Å². The Morgan fingerprint density at radius 1 is 1.60 bits per heavy atom.